The van der Waals surface area contributed by atoms with Gasteiger partial charge in [0.1, 0.15) is 0 Å². The SMILES string of the molecule is COc1cc(CN2CCN3CCCC3C2C)cc([N+](=O)[O-])c1O. The topological polar surface area (TPSA) is 79.1 Å². The first-order valence-electron chi connectivity index (χ1n) is 8.03. The van der Waals surface area contributed by atoms with E-state index in [0.717, 1.165) is 18.7 Å². The van der Waals surface area contributed by atoms with Gasteiger partial charge in [0.05, 0.1) is 12.0 Å². The first-order valence-corrected chi connectivity index (χ1v) is 8.03. The van der Waals surface area contributed by atoms with Gasteiger partial charge in [-0.15, -0.1) is 0 Å². The molecule has 1 aromatic carbocycles. The first-order chi connectivity index (χ1) is 11.0. The molecule has 0 aliphatic carbocycles. The third-order valence-electron chi connectivity index (χ3n) is 5.14. The number of piperazine rings is 1. The zero-order chi connectivity index (χ0) is 16.6. The fraction of sp³-hybridized carbons (Fsp3) is 0.625. The molecule has 126 valence electrons. The number of rotatable bonds is 4. The number of aromatic hydroxyl groups is 1. The Balaban J connectivity index is 1.82. The number of hydrogen-bond acceptors (Lipinski definition) is 6. The third-order valence-corrected chi connectivity index (χ3v) is 5.14. The van der Waals surface area contributed by atoms with Crippen LogP contribution in [0.4, 0.5) is 5.69 Å². The van der Waals surface area contributed by atoms with Gasteiger partial charge in [0.2, 0.25) is 5.75 Å². The van der Waals surface area contributed by atoms with Crippen molar-refractivity contribution in [2.24, 2.45) is 0 Å². The standard InChI is InChI=1S/C16H23N3O4/c1-11-13-4-3-5-17(13)6-7-18(11)10-12-8-14(19(21)22)16(20)15(9-12)23-2/h8-9,11,13,20H,3-7,10H2,1-2H3. The van der Waals surface area contributed by atoms with Crippen LogP contribution in [-0.4, -0.2) is 58.7 Å². The highest BCUT2D eigenvalue weighted by Crippen LogP contribution is 2.37. The van der Waals surface area contributed by atoms with E-state index in [9.17, 15) is 15.2 Å². The minimum atomic E-state index is -0.570. The molecule has 0 radical (unpaired) electrons. The molecule has 3 rings (SSSR count). The van der Waals surface area contributed by atoms with Crippen LogP contribution in [0.5, 0.6) is 11.5 Å². The summed E-state index contributed by atoms with van der Waals surface area (Å²) in [6.07, 6.45) is 2.47. The summed E-state index contributed by atoms with van der Waals surface area (Å²) in [5, 5.41) is 21.0. The van der Waals surface area contributed by atoms with Crippen LogP contribution in [-0.2, 0) is 6.54 Å². The largest absolute Gasteiger partial charge is 0.500 e. The number of hydrogen-bond donors (Lipinski definition) is 1. The lowest BCUT2D eigenvalue weighted by Gasteiger charge is -2.43. The van der Waals surface area contributed by atoms with E-state index in [1.165, 1.54) is 32.6 Å². The number of methoxy groups -OCH3 is 1. The lowest BCUT2D eigenvalue weighted by atomic mass is 10.0. The fourth-order valence-corrected chi connectivity index (χ4v) is 3.87. The van der Waals surface area contributed by atoms with Crippen molar-refractivity contribution in [2.45, 2.75) is 38.4 Å². The zero-order valence-electron chi connectivity index (χ0n) is 13.6. The smallest absolute Gasteiger partial charge is 0.314 e. The van der Waals surface area contributed by atoms with Crippen LogP contribution in [0.1, 0.15) is 25.3 Å². The maximum absolute atomic E-state index is 11.1. The number of benzene rings is 1. The van der Waals surface area contributed by atoms with Gasteiger partial charge in [0.15, 0.2) is 5.75 Å². The van der Waals surface area contributed by atoms with E-state index in [-0.39, 0.29) is 11.4 Å². The van der Waals surface area contributed by atoms with Crippen molar-refractivity contribution >= 4 is 5.69 Å². The molecule has 2 atom stereocenters. The molecule has 2 heterocycles. The first kappa shape index (κ1) is 16.0. The molecule has 2 aliphatic rings. The number of fused-ring (bicyclic) bond motifs is 1. The molecule has 1 N–H and O–H groups in total. The monoisotopic (exact) mass is 321 g/mol. The maximum atomic E-state index is 11.1. The summed E-state index contributed by atoms with van der Waals surface area (Å²) in [5.41, 5.74) is 0.496. The highest BCUT2D eigenvalue weighted by atomic mass is 16.6. The van der Waals surface area contributed by atoms with Crippen LogP contribution in [0.2, 0.25) is 0 Å². The van der Waals surface area contributed by atoms with Crippen molar-refractivity contribution in [3.05, 3.63) is 27.8 Å². The summed E-state index contributed by atoms with van der Waals surface area (Å²) in [4.78, 5) is 15.5. The molecule has 0 spiro atoms. The van der Waals surface area contributed by atoms with Crippen LogP contribution in [0, 0.1) is 10.1 Å². The molecule has 0 saturated carbocycles. The molecule has 2 fully saturated rings. The summed E-state index contributed by atoms with van der Waals surface area (Å²) in [6.45, 7) is 6.04. The number of nitro benzene ring substituents is 1. The van der Waals surface area contributed by atoms with Crippen LogP contribution in [0.25, 0.3) is 0 Å². The molecule has 1 aromatic rings. The van der Waals surface area contributed by atoms with Crippen molar-refractivity contribution in [1.29, 1.82) is 0 Å². The molecular formula is C16H23N3O4. The minimum Gasteiger partial charge on any atom is -0.500 e. The molecule has 2 saturated heterocycles. The zero-order valence-corrected chi connectivity index (χ0v) is 13.6. The Morgan fingerprint density at radius 1 is 1.39 bits per heavy atom. The van der Waals surface area contributed by atoms with Crippen molar-refractivity contribution in [3.63, 3.8) is 0 Å². The summed E-state index contributed by atoms with van der Waals surface area (Å²) in [6, 6.07) is 4.14. The van der Waals surface area contributed by atoms with E-state index in [1.54, 1.807) is 6.07 Å². The molecule has 0 amide bonds. The average Bonchev–Trinajstić information content (AvgIpc) is 3.00. The Hall–Kier alpha value is -1.86. The lowest BCUT2D eigenvalue weighted by molar-refractivity contribution is -0.386. The molecular weight excluding hydrogens is 298 g/mol. The molecule has 7 heteroatoms. The van der Waals surface area contributed by atoms with E-state index in [1.807, 2.05) is 0 Å². The second kappa shape index (κ2) is 6.33. The Kier molecular flexibility index (Phi) is 4.41. The quantitative estimate of drug-likeness (QED) is 0.675. The molecule has 23 heavy (non-hydrogen) atoms. The number of phenols is 1. The fourth-order valence-electron chi connectivity index (χ4n) is 3.87. The van der Waals surface area contributed by atoms with Gasteiger partial charge >= 0.3 is 5.69 Å². The predicted octanol–water partition coefficient (Wildman–Crippen LogP) is 1.98. The van der Waals surface area contributed by atoms with Crippen molar-refractivity contribution in [3.8, 4) is 11.5 Å². The maximum Gasteiger partial charge on any atom is 0.314 e. The summed E-state index contributed by atoms with van der Waals surface area (Å²) >= 11 is 0. The predicted molar refractivity (Wildman–Crippen MR) is 85.8 cm³/mol. The normalized spacial score (nSPS) is 25.3. The van der Waals surface area contributed by atoms with Gasteiger partial charge < -0.3 is 9.84 Å². The van der Waals surface area contributed by atoms with Crippen LogP contribution in [0.15, 0.2) is 12.1 Å². The van der Waals surface area contributed by atoms with E-state index in [4.69, 9.17) is 4.74 Å². The number of nitrogens with zero attached hydrogens (tertiary/aromatic N) is 3. The summed E-state index contributed by atoms with van der Waals surface area (Å²) in [7, 11) is 1.41. The Labute approximate surface area is 135 Å². The van der Waals surface area contributed by atoms with Crippen molar-refractivity contribution in [2.75, 3.05) is 26.7 Å². The number of ether oxygens (including phenoxy) is 1. The van der Waals surface area contributed by atoms with E-state index < -0.39 is 10.7 Å². The van der Waals surface area contributed by atoms with Crippen LogP contribution >= 0.6 is 0 Å². The van der Waals surface area contributed by atoms with Gasteiger partial charge in [0.25, 0.3) is 0 Å². The summed E-state index contributed by atoms with van der Waals surface area (Å²) < 4.78 is 5.08. The molecule has 0 aromatic heterocycles. The van der Waals surface area contributed by atoms with Gasteiger partial charge in [-0.2, -0.15) is 0 Å². The van der Waals surface area contributed by atoms with Gasteiger partial charge in [-0.3, -0.25) is 19.9 Å². The van der Waals surface area contributed by atoms with Crippen LogP contribution < -0.4 is 4.74 Å². The molecule has 0 bridgehead atoms. The van der Waals surface area contributed by atoms with Gasteiger partial charge in [-0.05, 0) is 37.9 Å². The third kappa shape index (κ3) is 2.98. The lowest BCUT2D eigenvalue weighted by Crippen LogP contribution is -2.55. The minimum absolute atomic E-state index is 0.154. The number of nitro groups is 1. The molecule has 2 aliphatic heterocycles. The average molecular weight is 321 g/mol. The van der Waals surface area contributed by atoms with Crippen molar-refractivity contribution in [1.82, 2.24) is 9.80 Å². The van der Waals surface area contributed by atoms with Crippen LogP contribution in [0.3, 0.4) is 0 Å². The second-order valence-corrected chi connectivity index (χ2v) is 6.38. The molecule has 2 unspecified atom stereocenters. The van der Waals surface area contributed by atoms with E-state index in [0.29, 0.717) is 18.6 Å². The van der Waals surface area contributed by atoms with Gasteiger partial charge in [-0.1, -0.05) is 0 Å². The van der Waals surface area contributed by atoms with Gasteiger partial charge in [-0.25, -0.2) is 0 Å². The molecule has 7 nitrogen and oxygen atoms in total. The van der Waals surface area contributed by atoms with E-state index in [2.05, 4.69) is 16.7 Å². The Morgan fingerprint density at radius 3 is 2.87 bits per heavy atom. The highest BCUT2D eigenvalue weighted by molar-refractivity contribution is 5.57. The van der Waals surface area contributed by atoms with Gasteiger partial charge in [0, 0.05) is 37.8 Å². The van der Waals surface area contributed by atoms with E-state index >= 15 is 0 Å². The Morgan fingerprint density at radius 2 is 2.17 bits per heavy atom. The second-order valence-electron chi connectivity index (χ2n) is 6.38. The Bertz CT molecular complexity index is 607. The van der Waals surface area contributed by atoms with Crippen molar-refractivity contribution < 1.29 is 14.8 Å². The number of phenolic OH excluding ortho intramolecular Hbond substituents is 1. The summed E-state index contributed by atoms with van der Waals surface area (Å²) in [5.74, 6) is -0.253. The highest BCUT2D eigenvalue weighted by Gasteiger charge is 2.36.